The number of aliphatic hydroxyl groups is 4. The lowest BCUT2D eigenvalue weighted by Crippen LogP contribution is -2.60. The first-order valence-electron chi connectivity index (χ1n) is 8.09. The number of nitro benzene ring substituents is 1. The Morgan fingerprint density at radius 1 is 1.11 bits per heavy atom. The number of rotatable bonds is 4. The van der Waals surface area contributed by atoms with Crippen molar-refractivity contribution in [3.63, 3.8) is 0 Å². The van der Waals surface area contributed by atoms with Gasteiger partial charge in [-0.05, 0) is 24.3 Å². The second-order valence-corrected chi connectivity index (χ2v) is 5.66. The number of hydrogen-bond acceptors (Lipinski definition) is 9. The Morgan fingerprint density at radius 2 is 1.81 bits per heavy atom. The van der Waals surface area contributed by atoms with Crippen LogP contribution in [0.15, 0.2) is 48.8 Å². The molecule has 0 aromatic heterocycles. The third-order valence-electron chi connectivity index (χ3n) is 3.76. The summed E-state index contributed by atoms with van der Waals surface area (Å²) < 4.78 is 15.2. The van der Waals surface area contributed by atoms with Crippen molar-refractivity contribution in [1.82, 2.24) is 0 Å². The van der Waals surface area contributed by atoms with Crippen LogP contribution >= 0.6 is 0 Å². The fourth-order valence-corrected chi connectivity index (χ4v) is 2.29. The van der Waals surface area contributed by atoms with Crippen LogP contribution in [-0.4, -0.2) is 69.3 Å². The summed E-state index contributed by atoms with van der Waals surface area (Å²) in [6.45, 7) is 0.168. The minimum Gasteiger partial charge on any atom is -0.497 e. The first-order chi connectivity index (χ1) is 12.9. The van der Waals surface area contributed by atoms with Crippen molar-refractivity contribution in [2.24, 2.45) is 0 Å². The fourth-order valence-electron chi connectivity index (χ4n) is 2.29. The van der Waals surface area contributed by atoms with E-state index < -0.39 is 42.2 Å². The van der Waals surface area contributed by atoms with E-state index in [2.05, 4.69) is 0 Å². The highest BCUT2D eigenvalue weighted by atomic mass is 16.7. The summed E-state index contributed by atoms with van der Waals surface area (Å²) in [6, 6.07) is 5.03. The van der Waals surface area contributed by atoms with E-state index >= 15 is 0 Å². The number of allylic oxidation sites excluding steroid dienone is 2. The summed E-state index contributed by atoms with van der Waals surface area (Å²) in [6.07, 6.45) is 0.527. The van der Waals surface area contributed by atoms with Gasteiger partial charge in [-0.1, -0.05) is 6.08 Å². The minimum atomic E-state index is -1.54. The van der Waals surface area contributed by atoms with Crippen LogP contribution in [0.4, 0.5) is 5.69 Å². The van der Waals surface area contributed by atoms with Gasteiger partial charge in [0.05, 0.1) is 17.8 Å². The molecule has 10 heteroatoms. The van der Waals surface area contributed by atoms with Crippen LogP contribution in [0.3, 0.4) is 0 Å². The van der Waals surface area contributed by atoms with Crippen LogP contribution < -0.4 is 4.74 Å². The predicted octanol–water partition coefficient (Wildman–Crippen LogP) is -0.140. The minimum absolute atomic E-state index is 0.129. The molecule has 0 saturated carbocycles. The van der Waals surface area contributed by atoms with Gasteiger partial charge in [0.2, 0.25) is 6.29 Å². The molecule has 0 unspecified atom stereocenters. The second kappa shape index (κ2) is 10.00. The Hall–Kier alpha value is -2.50. The number of ether oxygens (including phenoxy) is 3. The Kier molecular flexibility index (Phi) is 7.70. The molecule has 1 aromatic carbocycles. The van der Waals surface area contributed by atoms with Gasteiger partial charge in [-0.2, -0.15) is 0 Å². The molecule has 0 aliphatic carbocycles. The maximum absolute atomic E-state index is 10.5. The average molecular weight is 383 g/mol. The monoisotopic (exact) mass is 383 g/mol. The first-order valence-corrected chi connectivity index (χ1v) is 8.09. The lowest BCUT2D eigenvalue weighted by atomic mass is 9.99. The van der Waals surface area contributed by atoms with Crippen molar-refractivity contribution in [1.29, 1.82) is 0 Å². The summed E-state index contributed by atoms with van der Waals surface area (Å²) in [5.41, 5.74) is -0.129. The van der Waals surface area contributed by atoms with Crippen LogP contribution in [0.25, 0.3) is 0 Å². The van der Waals surface area contributed by atoms with Crippen LogP contribution in [0.1, 0.15) is 0 Å². The summed E-state index contributed by atoms with van der Waals surface area (Å²) >= 11 is 0. The molecular formula is C17H21NO9. The third kappa shape index (κ3) is 5.74. The second-order valence-electron chi connectivity index (χ2n) is 5.66. The van der Waals surface area contributed by atoms with E-state index in [1.807, 2.05) is 18.2 Å². The Bertz CT molecular complexity index is 647. The van der Waals surface area contributed by atoms with Gasteiger partial charge in [-0.15, -0.1) is 0 Å². The van der Waals surface area contributed by atoms with Gasteiger partial charge in [-0.25, -0.2) is 0 Å². The molecule has 10 nitrogen and oxygen atoms in total. The van der Waals surface area contributed by atoms with Crippen molar-refractivity contribution in [3.05, 3.63) is 58.9 Å². The Labute approximate surface area is 154 Å². The van der Waals surface area contributed by atoms with Crippen LogP contribution in [0, 0.1) is 10.1 Å². The molecule has 148 valence electrons. The molecular weight excluding hydrogens is 362 g/mol. The molecule has 4 N–H and O–H groups in total. The molecule has 27 heavy (non-hydrogen) atoms. The fraction of sp³-hybridized carbons (Fsp3) is 0.412. The summed E-state index contributed by atoms with van der Waals surface area (Å²) in [7, 11) is 0. The summed E-state index contributed by atoms with van der Waals surface area (Å²) in [5.74, 6) is 0.171. The molecule has 2 heterocycles. The first kappa shape index (κ1) is 20.8. The molecule has 0 amide bonds. The smallest absolute Gasteiger partial charge is 0.269 e. The van der Waals surface area contributed by atoms with Gasteiger partial charge < -0.3 is 34.6 Å². The Balaban J connectivity index is 0.000000369. The van der Waals surface area contributed by atoms with Crippen molar-refractivity contribution in [2.45, 2.75) is 30.7 Å². The molecule has 1 aromatic rings. The number of non-ortho nitro benzene ring substituents is 1. The number of nitro groups is 1. The lowest BCUT2D eigenvalue weighted by molar-refractivity contribution is -0.384. The van der Waals surface area contributed by atoms with Gasteiger partial charge in [0.1, 0.15) is 36.8 Å². The van der Waals surface area contributed by atoms with Gasteiger partial charge in [-0.3, -0.25) is 10.1 Å². The van der Waals surface area contributed by atoms with Gasteiger partial charge in [0, 0.05) is 12.1 Å². The zero-order chi connectivity index (χ0) is 19.8. The number of hydrogen-bond donors (Lipinski definition) is 4. The number of benzene rings is 1. The lowest BCUT2D eigenvalue weighted by Gasteiger charge is -2.39. The van der Waals surface area contributed by atoms with Crippen LogP contribution in [0.5, 0.6) is 5.75 Å². The van der Waals surface area contributed by atoms with Crippen molar-refractivity contribution < 1.29 is 39.6 Å². The van der Waals surface area contributed by atoms with E-state index in [4.69, 9.17) is 19.3 Å². The molecule has 5 atom stereocenters. The van der Waals surface area contributed by atoms with Crippen LogP contribution in [0.2, 0.25) is 0 Å². The van der Waals surface area contributed by atoms with E-state index in [-0.39, 0.29) is 11.4 Å². The zero-order valence-corrected chi connectivity index (χ0v) is 14.2. The summed E-state index contributed by atoms with van der Waals surface area (Å²) in [4.78, 5) is 9.95. The van der Waals surface area contributed by atoms with E-state index in [1.54, 1.807) is 6.26 Å². The average Bonchev–Trinajstić information content (AvgIpc) is 2.70. The van der Waals surface area contributed by atoms with Crippen molar-refractivity contribution in [2.75, 3.05) is 13.2 Å². The molecule has 0 radical (unpaired) electrons. The normalized spacial score (nSPS) is 29.3. The highest BCUT2D eigenvalue weighted by Gasteiger charge is 2.44. The maximum atomic E-state index is 10.5. The molecule has 0 spiro atoms. The van der Waals surface area contributed by atoms with Crippen LogP contribution in [-0.2, 0) is 9.47 Å². The van der Waals surface area contributed by atoms with Gasteiger partial charge in [0.15, 0.2) is 0 Å². The quantitative estimate of drug-likeness (QED) is 0.411. The third-order valence-corrected chi connectivity index (χ3v) is 3.76. The number of aliphatic hydroxyl groups excluding tert-OH is 4. The molecule has 2 aliphatic rings. The summed E-state index contributed by atoms with van der Waals surface area (Å²) in [5, 5.41) is 48.6. The SMILES string of the molecule is C1=CCOC=C1.O=[N+]([O-])c1ccc(O[C@H]2O[C@H](CO)[C@@H](O)[C@H](O)[C@H]2O)cc1. The van der Waals surface area contributed by atoms with Gasteiger partial charge in [0.25, 0.3) is 5.69 Å². The maximum Gasteiger partial charge on any atom is 0.269 e. The molecule has 2 aliphatic heterocycles. The van der Waals surface area contributed by atoms with Gasteiger partial charge >= 0.3 is 0 Å². The largest absolute Gasteiger partial charge is 0.497 e. The molecule has 3 rings (SSSR count). The van der Waals surface area contributed by atoms with E-state index in [1.165, 1.54) is 24.3 Å². The zero-order valence-electron chi connectivity index (χ0n) is 14.2. The van der Waals surface area contributed by atoms with E-state index in [9.17, 15) is 25.4 Å². The predicted molar refractivity (Wildman–Crippen MR) is 91.7 cm³/mol. The molecule has 1 fully saturated rings. The molecule has 0 bridgehead atoms. The van der Waals surface area contributed by atoms with E-state index in [0.29, 0.717) is 0 Å². The van der Waals surface area contributed by atoms with Crippen molar-refractivity contribution in [3.8, 4) is 5.75 Å². The van der Waals surface area contributed by atoms with Crippen molar-refractivity contribution >= 4 is 5.69 Å². The topological polar surface area (TPSA) is 152 Å². The Morgan fingerprint density at radius 3 is 2.26 bits per heavy atom. The highest BCUT2D eigenvalue weighted by Crippen LogP contribution is 2.25. The van der Waals surface area contributed by atoms with E-state index in [0.717, 1.165) is 6.61 Å². The number of nitrogens with zero attached hydrogens (tertiary/aromatic N) is 1. The molecule has 1 saturated heterocycles. The highest BCUT2D eigenvalue weighted by molar-refractivity contribution is 5.36. The standard InChI is InChI=1S/C12H15NO8.C5H6O/c14-5-8-9(15)10(16)11(17)12(21-8)20-7-3-1-6(2-4-7)13(18)19;1-2-4-6-5-3-1/h1-4,8-12,14-17H,5H2;1-4H,5H2/t8-,9-,10+,11-,12+;/m1./s1.